The monoisotopic (exact) mass is 393 g/mol. The first-order chi connectivity index (χ1) is 13.5. The van der Waals surface area contributed by atoms with Gasteiger partial charge in [-0.3, -0.25) is 0 Å². The number of hydrogen-bond acceptors (Lipinski definition) is 5. The van der Waals surface area contributed by atoms with Crippen LogP contribution in [0.1, 0.15) is 5.56 Å². The van der Waals surface area contributed by atoms with Crippen molar-refractivity contribution in [3.05, 3.63) is 72.3 Å². The van der Waals surface area contributed by atoms with E-state index >= 15 is 0 Å². The van der Waals surface area contributed by atoms with E-state index in [1.807, 2.05) is 42.1 Å². The SMILES string of the molecule is CN(C)c1ccc2c(c1)Sc1cc(N(C)C)ccc1N2.OCc1ccccc1. The zero-order valence-corrected chi connectivity index (χ0v) is 17.6. The molecule has 4 nitrogen and oxygen atoms in total. The van der Waals surface area contributed by atoms with Gasteiger partial charge < -0.3 is 20.2 Å². The fraction of sp³-hybridized carbons (Fsp3) is 0.217. The van der Waals surface area contributed by atoms with Gasteiger partial charge in [0, 0.05) is 49.4 Å². The summed E-state index contributed by atoms with van der Waals surface area (Å²) in [4.78, 5) is 6.82. The number of fused-ring (bicyclic) bond motifs is 2. The van der Waals surface area contributed by atoms with Crippen LogP contribution in [0.2, 0.25) is 0 Å². The predicted octanol–water partition coefficient (Wildman–Crippen LogP) is 5.21. The third-order valence-corrected chi connectivity index (χ3v) is 5.59. The molecule has 5 heteroatoms. The zero-order chi connectivity index (χ0) is 20.1. The summed E-state index contributed by atoms with van der Waals surface area (Å²) in [6, 6.07) is 22.6. The second-order valence-electron chi connectivity index (χ2n) is 7.02. The van der Waals surface area contributed by atoms with E-state index in [0.29, 0.717) is 0 Å². The average molecular weight is 394 g/mol. The maximum atomic E-state index is 8.54. The molecule has 4 rings (SSSR count). The van der Waals surface area contributed by atoms with Crippen LogP contribution in [0.15, 0.2) is 76.5 Å². The van der Waals surface area contributed by atoms with Crippen LogP contribution in [-0.2, 0) is 6.61 Å². The Balaban J connectivity index is 0.000000236. The van der Waals surface area contributed by atoms with E-state index in [2.05, 4.69) is 79.7 Å². The van der Waals surface area contributed by atoms with Crippen LogP contribution in [0.4, 0.5) is 22.7 Å². The van der Waals surface area contributed by atoms with E-state index < -0.39 is 0 Å². The van der Waals surface area contributed by atoms with Gasteiger partial charge in [-0.1, -0.05) is 42.1 Å². The molecular weight excluding hydrogens is 366 g/mol. The van der Waals surface area contributed by atoms with Gasteiger partial charge in [-0.25, -0.2) is 0 Å². The Labute approximate surface area is 171 Å². The smallest absolute Gasteiger partial charge is 0.0681 e. The Kier molecular flexibility index (Phi) is 6.49. The molecule has 0 saturated heterocycles. The van der Waals surface area contributed by atoms with Crippen LogP contribution in [-0.4, -0.2) is 33.3 Å². The lowest BCUT2D eigenvalue weighted by Crippen LogP contribution is -2.10. The Morgan fingerprint density at radius 3 is 1.64 bits per heavy atom. The molecule has 0 radical (unpaired) electrons. The van der Waals surface area contributed by atoms with Crippen molar-refractivity contribution in [1.29, 1.82) is 0 Å². The van der Waals surface area contributed by atoms with Crippen molar-refractivity contribution in [3.8, 4) is 0 Å². The van der Waals surface area contributed by atoms with E-state index in [-0.39, 0.29) is 6.61 Å². The highest BCUT2D eigenvalue weighted by molar-refractivity contribution is 7.99. The van der Waals surface area contributed by atoms with E-state index in [1.165, 1.54) is 32.5 Å². The highest BCUT2D eigenvalue weighted by Crippen LogP contribution is 2.46. The summed E-state index contributed by atoms with van der Waals surface area (Å²) < 4.78 is 0. The number of hydrogen-bond donors (Lipinski definition) is 2. The molecule has 0 saturated carbocycles. The summed E-state index contributed by atoms with van der Waals surface area (Å²) in [7, 11) is 8.28. The van der Waals surface area contributed by atoms with E-state index in [1.54, 1.807) is 0 Å². The van der Waals surface area contributed by atoms with Crippen molar-refractivity contribution in [2.24, 2.45) is 0 Å². The van der Waals surface area contributed by atoms with Crippen molar-refractivity contribution in [2.45, 2.75) is 16.4 Å². The van der Waals surface area contributed by atoms with E-state index in [9.17, 15) is 0 Å². The molecule has 1 heterocycles. The Morgan fingerprint density at radius 1 is 0.750 bits per heavy atom. The highest BCUT2D eigenvalue weighted by Gasteiger charge is 2.17. The number of nitrogens with zero attached hydrogens (tertiary/aromatic N) is 2. The summed E-state index contributed by atoms with van der Waals surface area (Å²) in [5.74, 6) is 0. The molecule has 2 N–H and O–H groups in total. The van der Waals surface area contributed by atoms with Crippen molar-refractivity contribution in [3.63, 3.8) is 0 Å². The molecule has 1 aliphatic heterocycles. The van der Waals surface area contributed by atoms with Crippen LogP contribution in [0.5, 0.6) is 0 Å². The lowest BCUT2D eigenvalue weighted by molar-refractivity contribution is 0.282. The second-order valence-corrected chi connectivity index (χ2v) is 8.10. The van der Waals surface area contributed by atoms with E-state index in [0.717, 1.165) is 5.56 Å². The van der Waals surface area contributed by atoms with Crippen LogP contribution >= 0.6 is 11.8 Å². The summed E-state index contributed by atoms with van der Waals surface area (Å²) in [6.45, 7) is 0.140. The Bertz CT molecular complexity index is 871. The third kappa shape index (κ3) is 4.80. The summed E-state index contributed by atoms with van der Waals surface area (Å²) in [5.41, 5.74) is 5.79. The van der Waals surface area contributed by atoms with Gasteiger partial charge in [0.05, 0.1) is 18.0 Å². The van der Waals surface area contributed by atoms with Crippen LogP contribution in [0.3, 0.4) is 0 Å². The van der Waals surface area contributed by atoms with Gasteiger partial charge in [-0.05, 0) is 42.0 Å². The van der Waals surface area contributed by atoms with Gasteiger partial charge in [-0.15, -0.1) is 0 Å². The largest absolute Gasteiger partial charge is 0.392 e. The number of aliphatic hydroxyl groups excluding tert-OH is 1. The second kappa shape index (κ2) is 9.04. The lowest BCUT2D eigenvalue weighted by Gasteiger charge is -2.24. The van der Waals surface area contributed by atoms with Crippen molar-refractivity contribution in [2.75, 3.05) is 43.3 Å². The molecule has 0 bridgehead atoms. The molecule has 0 fully saturated rings. The fourth-order valence-corrected chi connectivity index (χ4v) is 3.86. The number of anilines is 4. The topological polar surface area (TPSA) is 38.7 Å². The van der Waals surface area contributed by atoms with Gasteiger partial charge in [0.15, 0.2) is 0 Å². The Morgan fingerprint density at radius 2 is 1.25 bits per heavy atom. The molecule has 146 valence electrons. The molecule has 0 spiro atoms. The first-order valence-corrected chi connectivity index (χ1v) is 10.0. The molecule has 3 aromatic carbocycles. The maximum absolute atomic E-state index is 8.54. The van der Waals surface area contributed by atoms with Crippen LogP contribution < -0.4 is 15.1 Å². The molecule has 0 aliphatic carbocycles. The standard InChI is InChI=1S/C16H19N3S.C7H8O/c1-18(2)11-5-7-13-15(9-11)20-16-10-12(19(3)4)6-8-14(16)17-13;8-6-7-4-2-1-3-5-7/h5-10,17H,1-4H3;1-5,8H,6H2. The fourth-order valence-electron chi connectivity index (χ4n) is 2.80. The first-order valence-electron chi connectivity index (χ1n) is 9.20. The van der Waals surface area contributed by atoms with Crippen LogP contribution in [0, 0.1) is 0 Å². The maximum Gasteiger partial charge on any atom is 0.0681 e. The van der Waals surface area contributed by atoms with Crippen molar-refractivity contribution < 1.29 is 5.11 Å². The zero-order valence-electron chi connectivity index (χ0n) is 16.8. The lowest BCUT2D eigenvalue weighted by atomic mass is 10.2. The minimum absolute atomic E-state index is 0.140. The first kappa shape index (κ1) is 20.1. The highest BCUT2D eigenvalue weighted by atomic mass is 32.2. The van der Waals surface area contributed by atoms with Gasteiger partial charge >= 0.3 is 0 Å². The molecule has 1 aliphatic rings. The molecule has 0 amide bonds. The quantitative estimate of drug-likeness (QED) is 0.500. The normalized spacial score (nSPS) is 11.3. The van der Waals surface area contributed by atoms with Gasteiger partial charge in [-0.2, -0.15) is 0 Å². The molecule has 0 unspecified atom stereocenters. The minimum atomic E-state index is 0.140. The Hall–Kier alpha value is -2.63. The number of benzene rings is 3. The molecule has 0 atom stereocenters. The molecule has 3 aromatic rings. The number of nitrogens with one attached hydrogen (secondary N) is 1. The number of aliphatic hydroxyl groups is 1. The van der Waals surface area contributed by atoms with Gasteiger partial charge in [0.1, 0.15) is 0 Å². The molecule has 28 heavy (non-hydrogen) atoms. The van der Waals surface area contributed by atoms with E-state index in [4.69, 9.17) is 5.11 Å². The summed E-state index contributed by atoms with van der Waals surface area (Å²) in [6.07, 6.45) is 0. The molecule has 0 aromatic heterocycles. The van der Waals surface area contributed by atoms with Crippen LogP contribution in [0.25, 0.3) is 0 Å². The summed E-state index contributed by atoms with van der Waals surface area (Å²) >= 11 is 1.83. The molecular formula is C23H27N3OS. The average Bonchev–Trinajstić information content (AvgIpc) is 2.72. The third-order valence-electron chi connectivity index (χ3n) is 4.48. The van der Waals surface area contributed by atoms with Crippen molar-refractivity contribution >= 4 is 34.5 Å². The summed E-state index contributed by atoms with van der Waals surface area (Å²) in [5, 5.41) is 12.1. The van der Waals surface area contributed by atoms with Gasteiger partial charge in [0.2, 0.25) is 0 Å². The predicted molar refractivity (Wildman–Crippen MR) is 121 cm³/mol. The number of rotatable bonds is 3. The van der Waals surface area contributed by atoms with Gasteiger partial charge in [0.25, 0.3) is 0 Å². The minimum Gasteiger partial charge on any atom is -0.392 e. The van der Waals surface area contributed by atoms with Crippen molar-refractivity contribution in [1.82, 2.24) is 0 Å².